The van der Waals surface area contributed by atoms with E-state index in [2.05, 4.69) is 39.0 Å². The van der Waals surface area contributed by atoms with Gasteiger partial charge >= 0.3 is 0 Å². The molecule has 0 unspecified atom stereocenters. The molecule has 2 rings (SSSR count). The van der Waals surface area contributed by atoms with Crippen LogP contribution in [0.3, 0.4) is 0 Å². The summed E-state index contributed by atoms with van der Waals surface area (Å²) in [6, 6.07) is 12.4. The third-order valence-corrected chi connectivity index (χ3v) is 3.44. The fourth-order valence-electron chi connectivity index (χ4n) is 1.66. The Kier molecular flexibility index (Phi) is 4.02. The Labute approximate surface area is 110 Å². The molecule has 2 aromatic rings. The Morgan fingerprint density at radius 1 is 1.12 bits per heavy atom. The zero-order chi connectivity index (χ0) is 12.3. The number of hydrogen-bond acceptors (Lipinski definition) is 2. The topological polar surface area (TPSA) is 12.5 Å². The molecule has 0 aliphatic heterocycles. The molecule has 90 valence electrons. The van der Waals surface area contributed by atoms with Gasteiger partial charge in [0.2, 0.25) is 0 Å². The first-order valence-corrected chi connectivity index (χ1v) is 6.42. The number of ether oxygens (including phenoxy) is 1. The first-order valence-electron chi connectivity index (χ1n) is 5.63. The van der Waals surface area contributed by atoms with Crippen LogP contribution in [0.15, 0.2) is 40.9 Å². The van der Waals surface area contributed by atoms with E-state index in [1.165, 1.54) is 10.8 Å². The van der Waals surface area contributed by atoms with Crippen LogP contribution in [0.5, 0.6) is 5.75 Å². The summed E-state index contributed by atoms with van der Waals surface area (Å²) in [5.41, 5.74) is 0. The number of benzene rings is 2. The van der Waals surface area contributed by atoms with E-state index < -0.39 is 0 Å². The fourth-order valence-corrected chi connectivity index (χ4v) is 2.27. The minimum Gasteiger partial charge on any atom is -0.491 e. The molecule has 3 heteroatoms. The van der Waals surface area contributed by atoms with Crippen LogP contribution in [0.1, 0.15) is 0 Å². The van der Waals surface area contributed by atoms with Gasteiger partial charge in [0.05, 0.1) is 4.47 Å². The van der Waals surface area contributed by atoms with Gasteiger partial charge in [-0.05, 0) is 46.9 Å². The van der Waals surface area contributed by atoms with E-state index in [4.69, 9.17) is 4.74 Å². The highest BCUT2D eigenvalue weighted by Gasteiger charge is 2.05. The van der Waals surface area contributed by atoms with Crippen LogP contribution in [0.2, 0.25) is 0 Å². The lowest BCUT2D eigenvalue weighted by atomic mass is 10.1. The molecule has 0 spiro atoms. The van der Waals surface area contributed by atoms with E-state index in [-0.39, 0.29) is 0 Å². The van der Waals surface area contributed by atoms with Crippen molar-refractivity contribution in [3.63, 3.8) is 0 Å². The first-order chi connectivity index (χ1) is 8.18. The van der Waals surface area contributed by atoms with Crippen LogP contribution in [-0.4, -0.2) is 32.1 Å². The van der Waals surface area contributed by atoms with Gasteiger partial charge in [0, 0.05) is 6.54 Å². The third kappa shape index (κ3) is 2.99. The number of hydrogen-bond donors (Lipinski definition) is 0. The number of rotatable bonds is 4. The molecule has 0 radical (unpaired) electrons. The summed E-state index contributed by atoms with van der Waals surface area (Å²) >= 11 is 3.61. The summed E-state index contributed by atoms with van der Waals surface area (Å²) in [7, 11) is 4.08. The quantitative estimate of drug-likeness (QED) is 0.855. The van der Waals surface area contributed by atoms with Gasteiger partial charge in [-0.3, -0.25) is 0 Å². The van der Waals surface area contributed by atoms with Crippen molar-refractivity contribution in [2.45, 2.75) is 0 Å². The van der Waals surface area contributed by atoms with Gasteiger partial charge in [-0.1, -0.05) is 30.3 Å². The van der Waals surface area contributed by atoms with Crippen molar-refractivity contribution in [2.75, 3.05) is 27.2 Å². The third-order valence-electron chi connectivity index (χ3n) is 2.62. The summed E-state index contributed by atoms with van der Waals surface area (Å²) in [6.45, 7) is 1.61. The van der Waals surface area contributed by atoms with E-state index in [1.54, 1.807) is 0 Å². The van der Waals surface area contributed by atoms with Crippen LogP contribution < -0.4 is 4.74 Å². The minimum absolute atomic E-state index is 0.698. The number of likely N-dealkylation sites (N-methyl/N-ethyl adjacent to an activating group) is 1. The van der Waals surface area contributed by atoms with Gasteiger partial charge in [0.15, 0.2) is 0 Å². The monoisotopic (exact) mass is 293 g/mol. The molecule has 0 aliphatic carbocycles. The largest absolute Gasteiger partial charge is 0.491 e. The second kappa shape index (κ2) is 5.52. The van der Waals surface area contributed by atoms with E-state index in [0.29, 0.717) is 6.61 Å². The Morgan fingerprint density at radius 3 is 2.65 bits per heavy atom. The van der Waals surface area contributed by atoms with Gasteiger partial charge < -0.3 is 9.64 Å². The molecule has 0 atom stereocenters. The number of fused-ring (bicyclic) bond motifs is 1. The van der Waals surface area contributed by atoms with Crippen molar-refractivity contribution in [2.24, 2.45) is 0 Å². The lowest BCUT2D eigenvalue weighted by Crippen LogP contribution is -2.19. The normalized spacial score (nSPS) is 11.1. The molecule has 17 heavy (non-hydrogen) atoms. The van der Waals surface area contributed by atoms with E-state index in [9.17, 15) is 0 Å². The molecule has 0 heterocycles. The Bertz CT molecular complexity index is 511. The van der Waals surface area contributed by atoms with Crippen LogP contribution in [-0.2, 0) is 0 Å². The van der Waals surface area contributed by atoms with E-state index >= 15 is 0 Å². The highest BCUT2D eigenvalue weighted by molar-refractivity contribution is 9.10. The van der Waals surface area contributed by atoms with E-state index in [1.807, 2.05) is 32.3 Å². The molecule has 2 aromatic carbocycles. The van der Waals surface area contributed by atoms with Gasteiger partial charge in [-0.2, -0.15) is 0 Å². The zero-order valence-corrected chi connectivity index (χ0v) is 11.7. The van der Waals surface area contributed by atoms with Crippen molar-refractivity contribution in [3.05, 3.63) is 40.9 Å². The Balaban J connectivity index is 2.21. The maximum Gasteiger partial charge on any atom is 0.134 e. The highest BCUT2D eigenvalue weighted by Crippen LogP contribution is 2.32. The van der Waals surface area contributed by atoms with Gasteiger partial charge in [-0.25, -0.2) is 0 Å². The smallest absolute Gasteiger partial charge is 0.134 e. The molecule has 0 saturated carbocycles. The molecule has 0 aromatic heterocycles. The van der Waals surface area contributed by atoms with Gasteiger partial charge in [0.1, 0.15) is 12.4 Å². The van der Waals surface area contributed by atoms with Crippen molar-refractivity contribution >= 4 is 26.7 Å². The molecule has 0 aliphatic rings. The molecular weight excluding hydrogens is 278 g/mol. The van der Waals surface area contributed by atoms with Crippen LogP contribution in [0.25, 0.3) is 10.8 Å². The average molecular weight is 294 g/mol. The van der Waals surface area contributed by atoms with Gasteiger partial charge in [-0.15, -0.1) is 0 Å². The Hall–Kier alpha value is -1.06. The lowest BCUT2D eigenvalue weighted by molar-refractivity contribution is 0.260. The van der Waals surface area contributed by atoms with Crippen molar-refractivity contribution in [3.8, 4) is 5.75 Å². The van der Waals surface area contributed by atoms with Crippen LogP contribution >= 0.6 is 15.9 Å². The highest BCUT2D eigenvalue weighted by atomic mass is 79.9. The number of nitrogens with zero attached hydrogens (tertiary/aromatic N) is 1. The zero-order valence-electron chi connectivity index (χ0n) is 10.1. The lowest BCUT2D eigenvalue weighted by Gasteiger charge is -2.13. The minimum atomic E-state index is 0.698. The molecular formula is C14H16BrNO. The second-order valence-corrected chi connectivity index (χ2v) is 5.04. The van der Waals surface area contributed by atoms with Gasteiger partial charge in [0.25, 0.3) is 0 Å². The molecule has 0 fully saturated rings. The SMILES string of the molecule is CN(C)CCOc1ccc2ccccc2c1Br. The maximum absolute atomic E-state index is 5.77. The van der Waals surface area contributed by atoms with Crippen molar-refractivity contribution in [1.82, 2.24) is 4.90 Å². The second-order valence-electron chi connectivity index (χ2n) is 4.25. The first kappa shape index (κ1) is 12.4. The number of halogens is 1. The average Bonchev–Trinajstić information content (AvgIpc) is 2.32. The summed E-state index contributed by atoms with van der Waals surface area (Å²) in [4.78, 5) is 2.11. The molecule has 0 N–H and O–H groups in total. The molecule has 0 saturated heterocycles. The Morgan fingerprint density at radius 2 is 1.88 bits per heavy atom. The predicted molar refractivity (Wildman–Crippen MR) is 75.7 cm³/mol. The van der Waals surface area contributed by atoms with Crippen LogP contribution in [0.4, 0.5) is 0 Å². The van der Waals surface area contributed by atoms with Crippen molar-refractivity contribution in [1.29, 1.82) is 0 Å². The summed E-state index contributed by atoms with van der Waals surface area (Å²) in [6.07, 6.45) is 0. The van der Waals surface area contributed by atoms with Crippen LogP contribution in [0, 0.1) is 0 Å². The van der Waals surface area contributed by atoms with E-state index in [0.717, 1.165) is 16.8 Å². The molecule has 2 nitrogen and oxygen atoms in total. The predicted octanol–water partition coefficient (Wildman–Crippen LogP) is 3.54. The standard InChI is InChI=1S/C14H16BrNO/c1-16(2)9-10-17-13-8-7-11-5-3-4-6-12(11)14(13)15/h3-8H,9-10H2,1-2H3. The summed E-state index contributed by atoms with van der Waals surface area (Å²) in [5.74, 6) is 0.908. The molecule has 0 amide bonds. The maximum atomic E-state index is 5.77. The molecule has 0 bridgehead atoms. The fraction of sp³-hybridized carbons (Fsp3) is 0.286. The summed E-state index contributed by atoms with van der Waals surface area (Å²) < 4.78 is 6.80. The van der Waals surface area contributed by atoms with Crippen molar-refractivity contribution < 1.29 is 4.74 Å². The summed E-state index contributed by atoms with van der Waals surface area (Å²) in [5, 5.41) is 2.41.